The number of anilines is 2. The zero-order valence-electron chi connectivity index (χ0n) is 27.2. The van der Waals surface area contributed by atoms with Crippen molar-refractivity contribution in [2.75, 3.05) is 63.1 Å². The third kappa shape index (κ3) is 13.2. The van der Waals surface area contributed by atoms with E-state index >= 15 is 0 Å². The van der Waals surface area contributed by atoms with Crippen LogP contribution in [0.3, 0.4) is 0 Å². The molecule has 1 unspecified atom stereocenters. The number of rotatable bonds is 15. The Kier molecular flexibility index (Phi) is 18.4. The van der Waals surface area contributed by atoms with Crippen LogP contribution in [0.2, 0.25) is 0 Å². The number of nitrogens with zero attached hydrogens (tertiary/aromatic N) is 4. The summed E-state index contributed by atoms with van der Waals surface area (Å²) >= 11 is 0. The third-order valence-corrected chi connectivity index (χ3v) is 7.46. The smallest absolute Gasteiger partial charge is 0.384 e. The summed E-state index contributed by atoms with van der Waals surface area (Å²) < 4.78 is 42.9. The van der Waals surface area contributed by atoms with Gasteiger partial charge in [0, 0.05) is 62.5 Å². The molecule has 0 bridgehead atoms. The standard InChI is InChI=1S/C33H51F3N6O.U/c1-8-12-14-31(38-22-25(5)24-41(11-4)32(43)13-9-2)29(33(34,35)36)23-37-26(6)39-30-16-15-28(21-27(30)10-3)42-19-17-40(7)18-20-42;/h14-16,21,23,25,38H,2,4,8-13,17-20,22,24H2,1,3,5-7H3,(H,37,39);/q-2;+2/b29-23+,31-14-;. The number of amides is 1. The molecule has 44 heavy (non-hydrogen) atoms. The first kappa shape index (κ1) is 40.1. The van der Waals surface area contributed by atoms with Gasteiger partial charge < -0.3 is 39.2 Å². The molecule has 1 heterocycles. The van der Waals surface area contributed by atoms with E-state index in [1.807, 2.05) is 19.9 Å². The van der Waals surface area contributed by atoms with E-state index in [0.717, 1.165) is 55.7 Å². The fourth-order valence-electron chi connectivity index (χ4n) is 4.86. The zero-order valence-corrected chi connectivity index (χ0v) is 31.4. The minimum absolute atomic E-state index is 0. The van der Waals surface area contributed by atoms with Gasteiger partial charge in [0.1, 0.15) is 5.84 Å². The topological polar surface area (TPSA) is 63.2 Å². The van der Waals surface area contributed by atoms with Crippen LogP contribution in [-0.4, -0.2) is 80.6 Å². The second-order valence-electron chi connectivity index (χ2n) is 11.2. The molecular formula is C33H51F3N6OU. The number of unbranched alkanes of at least 4 members (excludes halogenated alkanes) is 1. The van der Waals surface area contributed by atoms with Gasteiger partial charge in [-0.2, -0.15) is 19.6 Å². The van der Waals surface area contributed by atoms with Crippen LogP contribution in [0.15, 0.2) is 46.7 Å². The predicted molar refractivity (Wildman–Crippen MR) is 173 cm³/mol. The molecule has 2 rings (SSSR count). The van der Waals surface area contributed by atoms with Crippen LogP contribution in [0.5, 0.6) is 0 Å². The number of piperazine rings is 1. The largest absolute Gasteiger partial charge is 2.00 e. The van der Waals surface area contributed by atoms with Crippen molar-refractivity contribution in [3.05, 3.63) is 61.2 Å². The maximum Gasteiger partial charge on any atom is 2.00 e. The van der Waals surface area contributed by atoms with E-state index in [9.17, 15) is 18.0 Å². The van der Waals surface area contributed by atoms with Crippen LogP contribution in [0.1, 0.15) is 58.9 Å². The average Bonchev–Trinajstić information content (AvgIpc) is 2.96. The molecule has 1 aromatic rings. The number of hydrogen-bond donors (Lipinski definition) is 2. The summed E-state index contributed by atoms with van der Waals surface area (Å²) in [6.45, 7) is 20.0. The van der Waals surface area contributed by atoms with Gasteiger partial charge in [0.15, 0.2) is 0 Å². The molecule has 1 saturated heterocycles. The van der Waals surface area contributed by atoms with E-state index in [1.54, 1.807) is 17.9 Å². The van der Waals surface area contributed by atoms with Gasteiger partial charge in [0.25, 0.3) is 0 Å². The number of alkyl halides is 3. The van der Waals surface area contributed by atoms with E-state index in [2.05, 4.69) is 65.4 Å². The first-order valence-electron chi connectivity index (χ1n) is 15.4. The Morgan fingerprint density at radius 3 is 2.43 bits per heavy atom. The van der Waals surface area contributed by atoms with Gasteiger partial charge >= 0.3 is 37.3 Å². The molecule has 7 nitrogen and oxygen atoms in total. The first-order valence-corrected chi connectivity index (χ1v) is 15.4. The molecule has 0 aliphatic carbocycles. The maximum absolute atomic E-state index is 14.3. The summed E-state index contributed by atoms with van der Waals surface area (Å²) in [5.74, 6) is 0.220. The normalized spacial score (nSPS) is 16.0. The minimum Gasteiger partial charge on any atom is -0.384 e. The Morgan fingerprint density at radius 2 is 1.86 bits per heavy atom. The van der Waals surface area contributed by atoms with Crippen LogP contribution >= 0.6 is 0 Å². The number of carbonyl (C=O) groups excluding carboxylic acids is 1. The van der Waals surface area contributed by atoms with Crippen LogP contribution in [0.25, 0.3) is 0 Å². The molecule has 1 aliphatic heterocycles. The number of aliphatic imine (C=N–C) groups is 1. The molecular weight excluding hydrogens is 791 g/mol. The Labute approximate surface area is 287 Å². The zero-order chi connectivity index (χ0) is 32.0. The van der Waals surface area contributed by atoms with Gasteiger partial charge in [-0.1, -0.05) is 33.3 Å². The number of halogens is 3. The second-order valence-corrected chi connectivity index (χ2v) is 11.2. The average molecular weight is 843 g/mol. The van der Waals surface area contributed by atoms with E-state index in [0.29, 0.717) is 44.6 Å². The summed E-state index contributed by atoms with van der Waals surface area (Å²) in [7, 11) is 2.12. The van der Waals surface area contributed by atoms with Crippen molar-refractivity contribution in [2.24, 2.45) is 10.9 Å². The summed E-state index contributed by atoms with van der Waals surface area (Å²) in [5, 5.41) is 6.21. The van der Waals surface area contributed by atoms with Gasteiger partial charge in [0.05, 0.1) is 5.57 Å². The Balaban J connectivity index is 0.00000968. The van der Waals surface area contributed by atoms with Crippen molar-refractivity contribution >= 4 is 23.1 Å². The van der Waals surface area contributed by atoms with Crippen molar-refractivity contribution in [3.63, 3.8) is 0 Å². The molecule has 0 radical (unpaired) electrons. The summed E-state index contributed by atoms with van der Waals surface area (Å²) in [5.41, 5.74) is 2.22. The van der Waals surface area contributed by atoms with Crippen molar-refractivity contribution in [2.45, 2.75) is 66.0 Å². The number of carbonyl (C=O) groups is 1. The van der Waals surface area contributed by atoms with Crippen LogP contribution in [0, 0.1) is 50.9 Å². The fourth-order valence-corrected chi connectivity index (χ4v) is 4.86. The SMILES string of the molecule is [CH2-]CCC(=O)N(C[CH2-])CC(C)CNC(=C\CCC)/C(=C\N=C(C)Nc1ccc(N2CCN(C)CC2)cc1CC)C(F)(F)F.[U+2]. The minimum atomic E-state index is -4.61. The monoisotopic (exact) mass is 842 g/mol. The van der Waals surface area contributed by atoms with Gasteiger partial charge in [-0.05, 0) is 62.9 Å². The van der Waals surface area contributed by atoms with Crippen molar-refractivity contribution in [1.29, 1.82) is 0 Å². The number of benzene rings is 1. The van der Waals surface area contributed by atoms with Gasteiger partial charge in [-0.25, -0.2) is 4.99 Å². The quantitative estimate of drug-likeness (QED) is 0.0920. The first-order chi connectivity index (χ1) is 20.4. The van der Waals surface area contributed by atoms with Crippen LogP contribution in [0.4, 0.5) is 24.5 Å². The van der Waals surface area contributed by atoms with Crippen molar-refractivity contribution < 1.29 is 49.1 Å². The number of nitrogens with one attached hydrogen (secondary N) is 2. The molecule has 1 amide bonds. The number of hydrogen-bond acceptors (Lipinski definition) is 5. The third-order valence-electron chi connectivity index (χ3n) is 7.46. The Morgan fingerprint density at radius 1 is 1.18 bits per heavy atom. The molecule has 0 spiro atoms. The maximum atomic E-state index is 14.3. The molecule has 0 aromatic heterocycles. The van der Waals surface area contributed by atoms with E-state index in [4.69, 9.17) is 0 Å². The molecule has 244 valence electrons. The molecule has 1 fully saturated rings. The van der Waals surface area contributed by atoms with Crippen LogP contribution < -0.4 is 15.5 Å². The molecule has 0 saturated carbocycles. The predicted octanol–water partition coefficient (Wildman–Crippen LogP) is 6.46. The molecule has 1 aromatic carbocycles. The molecule has 1 aliphatic rings. The van der Waals surface area contributed by atoms with Crippen LogP contribution in [-0.2, 0) is 11.2 Å². The number of aryl methyl sites for hydroxylation is 1. The Hall–Kier alpha value is -1.96. The van der Waals surface area contributed by atoms with E-state index in [1.165, 1.54) is 0 Å². The number of allylic oxidation sites excluding steroid dienone is 2. The molecule has 1 atom stereocenters. The summed E-state index contributed by atoms with van der Waals surface area (Å²) in [6, 6.07) is 6.18. The van der Waals surface area contributed by atoms with Gasteiger partial charge in [-0.3, -0.25) is 4.79 Å². The second kappa shape index (κ2) is 20.2. The summed E-state index contributed by atoms with van der Waals surface area (Å²) in [4.78, 5) is 22.8. The summed E-state index contributed by atoms with van der Waals surface area (Å²) in [6.07, 6.45) is 0.633. The van der Waals surface area contributed by atoms with E-state index < -0.39 is 11.7 Å². The number of likely N-dealkylation sites (N-methyl/N-ethyl adjacent to an activating group) is 1. The van der Waals surface area contributed by atoms with Gasteiger partial charge in [0.2, 0.25) is 5.91 Å². The fraction of sp³-hybridized carbons (Fsp3) is 0.576. The Bertz CT molecular complexity index is 1110. The molecule has 11 heteroatoms. The number of amidine groups is 1. The van der Waals surface area contributed by atoms with Crippen molar-refractivity contribution in [1.82, 2.24) is 15.1 Å². The van der Waals surface area contributed by atoms with Gasteiger partial charge in [-0.15, -0.1) is 6.54 Å². The van der Waals surface area contributed by atoms with E-state index in [-0.39, 0.29) is 55.2 Å². The van der Waals surface area contributed by atoms with Crippen molar-refractivity contribution in [3.8, 4) is 0 Å². The molecule has 2 N–H and O–H groups in total.